The Bertz CT molecular complexity index is 1520. The van der Waals surface area contributed by atoms with Gasteiger partial charge in [0.1, 0.15) is 5.82 Å². The minimum absolute atomic E-state index is 0.111. The zero-order valence-electron chi connectivity index (χ0n) is 23.5. The molecule has 3 aliphatic rings. The highest BCUT2D eigenvalue weighted by Gasteiger charge is 2.40. The molecule has 1 aromatic heterocycles. The fraction of sp³-hybridized carbons (Fsp3) is 0.355. The molecule has 3 aliphatic heterocycles. The number of aliphatic hydroxyl groups excluding tert-OH is 1. The van der Waals surface area contributed by atoms with E-state index < -0.39 is 0 Å². The van der Waals surface area contributed by atoms with Crippen LogP contribution in [0.4, 0.5) is 27.9 Å². The van der Waals surface area contributed by atoms with Crippen LogP contribution in [0.15, 0.2) is 55.3 Å². The van der Waals surface area contributed by atoms with Gasteiger partial charge in [-0.15, -0.1) is 0 Å². The number of fused-ring (bicyclic) bond motifs is 3. The molecule has 1 atom stereocenters. The number of aryl methyl sites for hydroxylation is 1. The predicted octanol–water partition coefficient (Wildman–Crippen LogP) is 3.91. The number of anilines is 4. The molecule has 10 nitrogen and oxygen atoms in total. The molecule has 0 aliphatic carbocycles. The highest BCUT2D eigenvalue weighted by atomic mass is 16.3. The molecule has 212 valence electrons. The lowest BCUT2D eigenvalue weighted by atomic mass is 9.91. The molecule has 0 radical (unpaired) electrons. The third-order valence-corrected chi connectivity index (χ3v) is 8.24. The summed E-state index contributed by atoms with van der Waals surface area (Å²) in [6.45, 7) is 8.31. The molecular formula is C31H35N7O3. The van der Waals surface area contributed by atoms with Crippen molar-refractivity contribution in [2.45, 2.75) is 38.9 Å². The lowest BCUT2D eigenvalue weighted by molar-refractivity contribution is -0.114. The summed E-state index contributed by atoms with van der Waals surface area (Å²) in [5.41, 5.74) is 7.06. The molecule has 1 unspecified atom stereocenters. The Labute approximate surface area is 239 Å². The average Bonchev–Trinajstić information content (AvgIpc) is 2.98. The van der Waals surface area contributed by atoms with Crippen molar-refractivity contribution in [2.24, 2.45) is 0 Å². The van der Waals surface area contributed by atoms with Crippen molar-refractivity contribution in [3.8, 4) is 0 Å². The van der Waals surface area contributed by atoms with E-state index in [1.807, 2.05) is 36.1 Å². The molecule has 0 saturated carbocycles. The van der Waals surface area contributed by atoms with Gasteiger partial charge in [-0.05, 0) is 67.3 Å². The van der Waals surface area contributed by atoms with E-state index in [4.69, 9.17) is 4.98 Å². The first kappa shape index (κ1) is 26.9. The lowest BCUT2D eigenvalue weighted by Gasteiger charge is -2.44. The van der Waals surface area contributed by atoms with Gasteiger partial charge >= 0.3 is 6.03 Å². The third-order valence-electron chi connectivity index (χ3n) is 8.24. The summed E-state index contributed by atoms with van der Waals surface area (Å²) in [6, 6.07) is 11.8. The van der Waals surface area contributed by atoms with Crippen LogP contribution in [0, 0.1) is 6.92 Å². The number of nitrogens with zero attached hydrogens (tertiary/aromatic N) is 6. The number of rotatable bonds is 6. The van der Waals surface area contributed by atoms with Crippen molar-refractivity contribution in [2.75, 3.05) is 48.4 Å². The molecule has 2 N–H and O–H groups in total. The monoisotopic (exact) mass is 553 g/mol. The van der Waals surface area contributed by atoms with Gasteiger partial charge in [0.2, 0.25) is 11.9 Å². The number of para-hydroxylation sites is 1. The largest absolute Gasteiger partial charge is 0.395 e. The quantitative estimate of drug-likeness (QED) is 0.446. The Morgan fingerprint density at radius 2 is 2.02 bits per heavy atom. The predicted molar refractivity (Wildman–Crippen MR) is 158 cm³/mol. The van der Waals surface area contributed by atoms with Crippen LogP contribution < -0.4 is 15.1 Å². The second-order valence-electron chi connectivity index (χ2n) is 10.9. The van der Waals surface area contributed by atoms with E-state index in [9.17, 15) is 14.7 Å². The summed E-state index contributed by atoms with van der Waals surface area (Å²) in [6.07, 6.45) is 4.66. The van der Waals surface area contributed by atoms with Crippen molar-refractivity contribution < 1.29 is 14.7 Å². The molecule has 4 heterocycles. The fourth-order valence-corrected chi connectivity index (χ4v) is 6.24. The molecule has 3 amide bonds. The Kier molecular flexibility index (Phi) is 7.19. The van der Waals surface area contributed by atoms with E-state index in [1.165, 1.54) is 22.1 Å². The van der Waals surface area contributed by atoms with Gasteiger partial charge in [-0.3, -0.25) is 9.69 Å². The topological polar surface area (TPSA) is 105 Å². The zero-order valence-corrected chi connectivity index (χ0v) is 23.5. The summed E-state index contributed by atoms with van der Waals surface area (Å²) in [5.74, 6) is 0.745. The molecule has 0 saturated heterocycles. The van der Waals surface area contributed by atoms with Crippen LogP contribution in [0.5, 0.6) is 0 Å². The summed E-state index contributed by atoms with van der Waals surface area (Å²) < 4.78 is 0. The van der Waals surface area contributed by atoms with Crippen molar-refractivity contribution in [1.29, 1.82) is 0 Å². The maximum Gasteiger partial charge on any atom is 0.326 e. The third kappa shape index (κ3) is 4.93. The minimum atomic E-state index is -0.243. The average molecular weight is 554 g/mol. The number of benzene rings is 2. The van der Waals surface area contributed by atoms with Gasteiger partial charge < -0.3 is 25.1 Å². The van der Waals surface area contributed by atoms with E-state index in [0.29, 0.717) is 31.3 Å². The number of carbonyl (C=O) groups is 2. The number of β-amino-alcohol motifs (C(OH)–C–C–N with tert-alkyl or cyclic N) is 1. The van der Waals surface area contributed by atoms with Gasteiger partial charge in [0, 0.05) is 37.1 Å². The molecule has 0 bridgehead atoms. The normalized spacial score (nSPS) is 18.5. The van der Waals surface area contributed by atoms with E-state index in [2.05, 4.69) is 41.0 Å². The second-order valence-corrected chi connectivity index (χ2v) is 10.9. The lowest BCUT2D eigenvalue weighted by Crippen LogP contribution is -2.51. The number of carbonyl (C=O) groups excluding carboxylic acids is 2. The first-order valence-corrected chi connectivity index (χ1v) is 14.0. The van der Waals surface area contributed by atoms with Gasteiger partial charge in [0.25, 0.3) is 0 Å². The number of hydrogen-bond acceptors (Lipinski definition) is 7. The molecule has 41 heavy (non-hydrogen) atoms. The number of aromatic nitrogens is 2. The number of nitrogens with one attached hydrogen (secondary N) is 1. The molecule has 2 aromatic carbocycles. The SMILES string of the molecule is C=CC(=O)N1CCC(N2Cc3cnc(Nc4ccc5c(c4)CCN(C)C5)nc3N(CCO)C2=O)c2cccc(C)c21. The number of likely N-dealkylation sites (N-methyl/N-ethyl adjacent to an activating group) is 1. The van der Waals surface area contributed by atoms with Gasteiger partial charge in [-0.25, -0.2) is 9.78 Å². The van der Waals surface area contributed by atoms with E-state index in [0.717, 1.165) is 47.6 Å². The van der Waals surface area contributed by atoms with Crippen LogP contribution in [-0.4, -0.2) is 70.1 Å². The van der Waals surface area contributed by atoms with Crippen molar-refractivity contribution in [1.82, 2.24) is 19.8 Å². The highest BCUT2D eigenvalue weighted by molar-refractivity contribution is 6.03. The number of aliphatic hydroxyl groups is 1. The van der Waals surface area contributed by atoms with Crippen LogP contribution in [0.1, 0.15) is 40.3 Å². The smallest absolute Gasteiger partial charge is 0.326 e. The van der Waals surface area contributed by atoms with Gasteiger partial charge in [-0.2, -0.15) is 4.98 Å². The second kappa shape index (κ2) is 10.9. The summed E-state index contributed by atoms with van der Waals surface area (Å²) in [4.78, 5) is 43.3. The fourth-order valence-electron chi connectivity index (χ4n) is 6.24. The number of hydrogen-bond donors (Lipinski definition) is 2. The maximum atomic E-state index is 14.0. The summed E-state index contributed by atoms with van der Waals surface area (Å²) >= 11 is 0. The van der Waals surface area contributed by atoms with Crippen molar-refractivity contribution in [3.63, 3.8) is 0 Å². The van der Waals surface area contributed by atoms with E-state index in [1.54, 1.807) is 11.1 Å². The number of amides is 3. The molecule has 10 heteroatoms. The van der Waals surface area contributed by atoms with Gasteiger partial charge in [-0.1, -0.05) is 30.8 Å². The Hall–Kier alpha value is -4.28. The number of urea groups is 1. The van der Waals surface area contributed by atoms with E-state index in [-0.39, 0.29) is 31.1 Å². The van der Waals surface area contributed by atoms with Crippen LogP contribution >= 0.6 is 0 Å². The maximum absolute atomic E-state index is 14.0. The Morgan fingerprint density at radius 1 is 1.17 bits per heavy atom. The molecular weight excluding hydrogens is 518 g/mol. The van der Waals surface area contributed by atoms with Crippen LogP contribution in [-0.2, 0) is 24.3 Å². The first-order chi connectivity index (χ1) is 19.9. The van der Waals surface area contributed by atoms with Crippen LogP contribution in [0.2, 0.25) is 0 Å². The Balaban J connectivity index is 1.30. The van der Waals surface area contributed by atoms with Crippen molar-refractivity contribution >= 4 is 35.1 Å². The van der Waals surface area contributed by atoms with Crippen molar-refractivity contribution in [3.05, 3.63) is 83.1 Å². The Morgan fingerprint density at radius 3 is 2.83 bits per heavy atom. The van der Waals surface area contributed by atoms with E-state index >= 15 is 0 Å². The summed E-state index contributed by atoms with van der Waals surface area (Å²) in [5, 5.41) is 13.2. The standard InChI is InChI=1S/C31H35N7O3/c1-4-27(40)36-13-11-26(25-7-5-6-20(2)28(25)36)38-19-23-17-32-30(34-29(23)37(14-15-39)31(38)41)33-24-9-8-22-18-35(3)12-10-21(22)16-24/h4-9,16-17,26,39H,1,10-15,18-19H2,2-3H3,(H,32,33,34). The minimum Gasteiger partial charge on any atom is -0.395 e. The van der Waals surface area contributed by atoms with Crippen LogP contribution in [0.25, 0.3) is 0 Å². The van der Waals surface area contributed by atoms with Crippen LogP contribution in [0.3, 0.4) is 0 Å². The van der Waals surface area contributed by atoms with Gasteiger partial charge in [0.05, 0.1) is 31.4 Å². The van der Waals surface area contributed by atoms with Gasteiger partial charge in [0.15, 0.2) is 0 Å². The highest BCUT2D eigenvalue weighted by Crippen LogP contribution is 2.42. The zero-order chi connectivity index (χ0) is 28.7. The summed E-state index contributed by atoms with van der Waals surface area (Å²) in [7, 11) is 2.13. The molecule has 3 aromatic rings. The molecule has 0 fully saturated rings. The molecule has 6 rings (SSSR count). The molecule has 0 spiro atoms. The first-order valence-electron chi connectivity index (χ1n) is 14.0.